The van der Waals surface area contributed by atoms with Gasteiger partial charge in [-0.2, -0.15) is 0 Å². The Labute approximate surface area is 193 Å². The first kappa shape index (κ1) is 20.1. The van der Waals surface area contributed by atoms with Gasteiger partial charge in [-0.15, -0.1) is 11.3 Å². The van der Waals surface area contributed by atoms with E-state index in [1.807, 2.05) is 17.5 Å². The SMILES string of the molecule is C1=CC(c2cnc([C@@H]3CCCN3)[nH]2)(c2cnc([C@@H]3CCCN3)s2)CC=C1c1ccccc1. The molecule has 0 spiro atoms. The average molecular weight is 444 g/mol. The van der Waals surface area contributed by atoms with E-state index in [9.17, 15) is 0 Å². The number of thiazole rings is 1. The fourth-order valence-electron chi connectivity index (χ4n) is 5.21. The molecule has 2 saturated heterocycles. The van der Waals surface area contributed by atoms with Crippen LogP contribution in [0.25, 0.3) is 5.57 Å². The summed E-state index contributed by atoms with van der Waals surface area (Å²) in [6.07, 6.45) is 16.8. The smallest absolute Gasteiger partial charge is 0.123 e. The van der Waals surface area contributed by atoms with Crippen molar-refractivity contribution < 1.29 is 0 Å². The zero-order chi connectivity index (χ0) is 21.4. The molecule has 0 bridgehead atoms. The predicted octanol–water partition coefficient (Wildman–Crippen LogP) is 5.04. The van der Waals surface area contributed by atoms with Crippen LogP contribution in [0.2, 0.25) is 0 Å². The zero-order valence-corrected chi connectivity index (χ0v) is 19.0. The van der Waals surface area contributed by atoms with E-state index in [4.69, 9.17) is 9.97 Å². The van der Waals surface area contributed by atoms with Crippen molar-refractivity contribution in [1.82, 2.24) is 25.6 Å². The number of aromatic nitrogens is 3. The molecule has 5 nitrogen and oxygen atoms in total. The molecule has 6 heteroatoms. The molecule has 164 valence electrons. The van der Waals surface area contributed by atoms with Crippen molar-refractivity contribution in [3.8, 4) is 0 Å². The number of hydrogen-bond donors (Lipinski definition) is 3. The highest BCUT2D eigenvalue weighted by Gasteiger charge is 2.38. The molecular weight excluding hydrogens is 414 g/mol. The second-order valence-electron chi connectivity index (χ2n) is 9.08. The second-order valence-corrected chi connectivity index (χ2v) is 10.1. The number of H-pyrrole nitrogens is 1. The van der Waals surface area contributed by atoms with E-state index < -0.39 is 0 Å². The number of nitrogens with one attached hydrogen (secondary N) is 3. The molecule has 0 radical (unpaired) electrons. The second kappa shape index (κ2) is 8.43. The minimum Gasteiger partial charge on any atom is -0.344 e. The van der Waals surface area contributed by atoms with E-state index in [2.05, 4.69) is 70.4 Å². The van der Waals surface area contributed by atoms with Gasteiger partial charge < -0.3 is 15.6 Å². The summed E-state index contributed by atoms with van der Waals surface area (Å²) in [5.74, 6) is 1.06. The Kier molecular flexibility index (Phi) is 5.29. The Morgan fingerprint density at radius 3 is 2.47 bits per heavy atom. The molecule has 1 aromatic carbocycles. The van der Waals surface area contributed by atoms with Crippen molar-refractivity contribution in [2.24, 2.45) is 0 Å². The maximum absolute atomic E-state index is 4.86. The molecule has 0 amide bonds. The summed E-state index contributed by atoms with van der Waals surface area (Å²) in [4.78, 5) is 14.7. The lowest BCUT2D eigenvalue weighted by Gasteiger charge is -2.30. The van der Waals surface area contributed by atoms with Crippen molar-refractivity contribution in [3.63, 3.8) is 0 Å². The molecule has 1 aliphatic carbocycles. The Hall–Kier alpha value is -2.54. The summed E-state index contributed by atoms with van der Waals surface area (Å²) < 4.78 is 0. The highest BCUT2D eigenvalue weighted by atomic mass is 32.1. The Morgan fingerprint density at radius 1 is 0.938 bits per heavy atom. The van der Waals surface area contributed by atoms with Gasteiger partial charge in [0.15, 0.2) is 0 Å². The van der Waals surface area contributed by atoms with Crippen LogP contribution in [0.4, 0.5) is 0 Å². The van der Waals surface area contributed by atoms with Gasteiger partial charge in [-0.1, -0.05) is 48.6 Å². The lowest BCUT2D eigenvalue weighted by molar-refractivity contribution is 0.598. The predicted molar refractivity (Wildman–Crippen MR) is 130 cm³/mol. The molecule has 2 aromatic heterocycles. The van der Waals surface area contributed by atoms with Crippen molar-refractivity contribution in [2.45, 2.75) is 49.6 Å². The van der Waals surface area contributed by atoms with Crippen LogP contribution in [-0.2, 0) is 5.41 Å². The van der Waals surface area contributed by atoms with Gasteiger partial charge in [0, 0.05) is 17.3 Å². The lowest BCUT2D eigenvalue weighted by Crippen LogP contribution is -2.26. The number of benzene rings is 1. The number of aromatic amines is 1. The molecule has 1 unspecified atom stereocenters. The highest BCUT2D eigenvalue weighted by Crippen LogP contribution is 2.45. The molecule has 3 aromatic rings. The molecule has 2 fully saturated rings. The van der Waals surface area contributed by atoms with Crippen molar-refractivity contribution >= 4 is 16.9 Å². The first-order valence-electron chi connectivity index (χ1n) is 11.7. The summed E-state index contributed by atoms with van der Waals surface area (Å²) >= 11 is 1.85. The molecule has 32 heavy (non-hydrogen) atoms. The lowest BCUT2D eigenvalue weighted by atomic mass is 9.76. The Morgan fingerprint density at radius 2 is 1.75 bits per heavy atom. The molecular formula is C26H29N5S. The van der Waals surface area contributed by atoms with Gasteiger partial charge in [-0.3, -0.25) is 0 Å². The first-order valence-corrected chi connectivity index (χ1v) is 12.6. The van der Waals surface area contributed by atoms with Gasteiger partial charge in [0.25, 0.3) is 0 Å². The maximum Gasteiger partial charge on any atom is 0.123 e. The van der Waals surface area contributed by atoms with Gasteiger partial charge in [0.2, 0.25) is 0 Å². The Balaban J connectivity index is 1.37. The zero-order valence-electron chi connectivity index (χ0n) is 18.2. The largest absolute Gasteiger partial charge is 0.344 e. The van der Waals surface area contributed by atoms with E-state index in [0.717, 1.165) is 37.4 Å². The van der Waals surface area contributed by atoms with Gasteiger partial charge in [0.05, 0.1) is 23.2 Å². The fraction of sp³-hybridized carbons (Fsp3) is 0.385. The minimum atomic E-state index is -0.253. The molecule has 4 heterocycles. The molecule has 3 N–H and O–H groups in total. The monoisotopic (exact) mass is 443 g/mol. The summed E-state index contributed by atoms with van der Waals surface area (Å²) in [7, 11) is 0. The third kappa shape index (κ3) is 3.56. The topological polar surface area (TPSA) is 65.6 Å². The van der Waals surface area contributed by atoms with E-state index in [0.29, 0.717) is 12.1 Å². The van der Waals surface area contributed by atoms with E-state index in [-0.39, 0.29) is 5.41 Å². The third-order valence-corrected chi connectivity index (χ3v) is 8.38. The van der Waals surface area contributed by atoms with E-state index in [1.54, 1.807) is 0 Å². The summed E-state index contributed by atoms with van der Waals surface area (Å²) in [5.41, 5.74) is 3.45. The van der Waals surface area contributed by atoms with Gasteiger partial charge in [-0.25, -0.2) is 9.97 Å². The van der Waals surface area contributed by atoms with E-state index >= 15 is 0 Å². The molecule has 3 aliphatic rings. The average Bonchev–Trinajstić information content (AvgIpc) is 3.66. The Bertz CT molecular complexity index is 1080. The molecule has 6 rings (SSSR count). The molecule has 0 saturated carbocycles. The fourth-order valence-corrected chi connectivity index (χ4v) is 6.43. The normalized spacial score (nSPS) is 27.7. The number of nitrogens with zero attached hydrogens (tertiary/aromatic N) is 2. The molecule has 3 atom stereocenters. The quantitative estimate of drug-likeness (QED) is 0.517. The number of hydrogen-bond acceptors (Lipinski definition) is 5. The van der Waals surface area contributed by atoms with E-state index in [1.165, 1.54) is 40.3 Å². The number of imidazole rings is 1. The molecule has 2 aliphatic heterocycles. The van der Waals surface area contributed by atoms with Crippen LogP contribution >= 0.6 is 11.3 Å². The van der Waals surface area contributed by atoms with Crippen LogP contribution in [0.1, 0.15) is 71.2 Å². The first-order chi connectivity index (χ1) is 15.8. The van der Waals surface area contributed by atoms with Gasteiger partial charge in [0.1, 0.15) is 10.8 Å². The van der Waals surface area contributed by atoms with Crippen LogP contribution in [0, 0.1) is 0 Å². The van der Waals surface area contributed by atoms with Crippen LogP contribution in [-0.4, -0.2) is 28.0 Å². The summed E-state index contributed by atoms with van der Waals surface area (Å²) in [5, 5.41) is 8.38. The van der Waals surface area contributed by atoms with Crippen LogP contribution in [0.5, 0.6) is 0 Å². The minimum absolute atomic E-state index is 0.253. The summed E-state index contributed by atoms with van der Waals surface area (Å²) in [6.45, 7) is 2.16. The number of allylic oxidation sites excluding steroid dienone is 4. The van der Waals surface area contributed by atoms with Crippen molar-refractivity contribution in [1.29, 1.82) is 0 Å². The summed E-state index contributed by atoms with van der Waals surface area (Å²) in [6, 6.07) is 11.4. The maximum atomic E-state index is 4.86. The van der Waals surface area contributed by atoms with Gasteiger partial charge >= 0.3 is 0 Å². The third-order valence-electron chi connectivity index (χ3n) is 7.09. The standard InChI is InChI=1S/C26H29N5S/c1-2-6-18(7-3-1)19-10-12-26(13-11-19,22-16-29-24(31-22)20-8-4-14-27-20)23-17-30-25(32-23)21-9-5-15-28-21/h1-3,6-7,10-12,16-17,20-21,27-28H,4-5,8-9,13-15H2,(H,29,31)/t20-,21-,26?/m0/s1. The van der Waals surface area contributed by atoms with Crippen LogP contribution in [0.3, 0.4) is 0 Å². The van der Waals surface area contributed by atoms with Crippen LogP contribution < -0.4 is 10.6 Å². The highest BCUT2D eigenvalue weighted by molar-refractivity contribution is 7.11. The van der Waals surface area contributed by atoms with Crippen LogP contribution in [0.15, 0.2) is 61.0 Å². The van der Waals surface area contributed by atoms with Gasteiger partial charge in [-0.05, 0) is 56.3 Å². The van der Waals surface area contributed by atoms with Crippen molar-refractivity contribution in [2.75, 3.05) is 13.1 Å². The van der Waals surface area contributed by atoms with Crippen molar-refractivity contribution in [3.05, 3.63) is 87.9 Å². The number of rotatable bonds is 5.